The molecule has 0 saturated carbocycles. The fraction of sp³-hybridized carbons (Fsp3) is 0.938. The van der Waals surface area contributed by atoms with Gasteiger partial charge in [-0.2, -0.15) is 0 Å². The summed E-state index contributed by atoms with van der Waals surface area (Å²) in [5.74, 6) is 0.728. The molecule has 0 aromatic heterocycles. The van der Waals surface area contributed by atoms with Gasteiger partial charge in [0.05, 0.1) is 18.9 Å². The summed E-state index contributed by atoms with van der Waals surface area (Å²) in [6, 6.07) is 0. The summed E-state index contributed by atoms with van der Waals surface area (Å²) in [6.07, 6.45) is 2.00. The molecule has 0 aromatic rings. The zero-order valence-electron chi connectivity index (χ0n) is 16.8. The van der Waals surface area contributed by atoms with E-state index in [9.17, 15) is 8.42 Å². The smallest absolute Gasteiger partial charge is 0.211 e. The first-order valence-electron chi connectivity index (χ1n) is 8.56. The lowest BCUT2D eigenvalue weighted by Crippen LogP contribution is -2.40. The van der Waals surface area contributed by atoms with E-state index in [1.807, 2.05) is 13.8 Å². The van der Waals surface area contributed by atoms with E-state index in [1.54, 1.807) is 7.11 Å². The number of hydrogen-bond acceptors (Lipinski definition) is 4. The summed E-state index contributed by atoms with van der Waals surface area (Å²) in [7, 11) is -1.42. The van der Waals surface area contributed by atoms with Gasteiger partial charge in [-0.05, 0) is 18.8 Å². The predicted octanol–water partition coefficient (Wildman–Crippen LogP) is 1.89. The van der Waals surface area contributed by atoms with Crippen LogP contribution in [0, 0.1) is 5.41 Å². The average molecular weight is 492 g/mol. The topological polar surface area (TPSA) is 83.0 Å². The van der Waals surface area contributed by atoms with Crippen molar-refractivity contribution in [2.75, 3.05) is 46.1 Å². The lowest BCUT2D eigenvalue weighted by atomic mass is 9.89. The van der Waals surface area contributed by atoms with Crippen molar-refractivity contribution in [3.8, 4) is 0 Å². The SMILES string of the molecule is CCNC(=NCC(OC)C(C)(C)C)NCCCN(CC)S(C)(=O)=O.I. The summed E-state index contributed by atoms with van der Waals surface area (Å²) >= 11 is 0. The molecule has 9 heteroatoms. The van der Waals surface area contributed by atoms with Gasteiger partial charge in [-0.1, -0.05) is 27.7 Å². The van der Waals surface area contributed by atoms with Crippen LogP contribution in [-0.2, 0) is 14.8 Å². The fourth-order valence-electron chi connectivity index (χ4n) is 2.24. The van der Waals surface area contributed by atoms with Crippen LogP contribution < -0.4 is 10.6 Å². The highest BCUT2D eigenvalue weighted by Crippen LogP contribution is 2.21. The monoisotopic (exact) mass is 492 g/mol. The first-order chi connectivity index (χ1) is 11.1. The molecule has 1 unspecified atom stereocenters. The molecule has 0 aliphatic heterocycles. The maximum atomic E-state index is 11.6. The van der Waals surface area contributed by atoms with Crippen molar-refractivity contribution in [2.45, 2.75) is 47.1 Å². The molecule has 0 saturated heterocycles. The van der Waals surface area contributed by atoms with Crippen LogP contribution in [-0.4, -0.2) is 70.9 Å². The number of methoxy groups -OCH3 is 1. The first-order valence-corrected chi connectivity index (χ1v) is 10.4. The van der Waals surface area contributed by atoms with E-state index in [0.717, 1.165) is 18.9 Å². The molecule has 0 radical (unpaired) electrons. The maximum absolute atomic E-state index is 11.6. The third kappa shape index (κ3) is 12.0. The largest absolute Gasteiger partial charge is 0.379 e. The molecule has 0 aliphatic rings. The Kier molecular flexibility index (Phi) is 14.2. The molecule has 0 bridgehead atoms. The van der Waals surface area contributed by atoms with Crippen LogP contribution in [0.4, 0.5) is 0 Å². The van der Waals surface area contributed by atoms with Gasteiger partial charge in [0.1, 0.15) is 0 Å². The minimum atomic E-state index is -3.12. The number of nitrogens with zero attached hydrogens (tertiary/aromatic N) is 2. The Morgan fingerprint density at radius 1 is 1.24 bits per heavy atom. The Bertz CT molecular complexity index is 478. The maximum Gasteiger partial charge on any atom is 0.211 e. The summed E-state index contributed by atoms with van der Waals surface area (Å²) in [6.45, 7) is 13.2. The van der Waals surface area contributed by atoms with Crippen molar-refractivity contribution in [3.05, 3.63) is 0 Å². The molecular weight excluding hydrogens is 455 g/mol. The predicted molar refractivity (Wildman–Crippen MR) is 116 cm³/mol. The van der Waals surface area contributed by atoms with Crippen molar-refractivity contribution in [1.29, 1.82) is 0 Å². The molecular formula is C16H37IN4O3S. The summed E-state index contributed by atoms with van der Waals surface area (Å²) in [5.41, 5.74) is 0.0205. The molecule has 152 valence electrons. The van der Waals surface area contributed by atoms with Crippen LogP contribution in [0.25, 0.3) is 0 Å². The van der Waals surface area contributed by atoms with Crippen LogP contribution in [0.1, 0.15) is 41.0 Å². The highest BCUT2D eigenvalue weighted by Gasteiger charge is 2.24. The van der Waals surface area contributed by atoms with Crippen molar-refractivity contribution in [2.24, 2.45) is 10.4 Å². The zero-order chi connectivity index (χ0) is 18.8. The molecule has 0 fully saturated rings. The number of nitrogens with one attached hydrogen (secondary N) is 2. The molecule has 0 aromatic carbocycles. The normalized spacial score (nSPS) is 14.2. The molecule has 0 heterocycles. The number of rotatable bonds is 10. The van der Waals surface area contributed by atoms with Gasteiger partial charge in [-0.3, -0.25) is 4.99 Å². The molecule has 1 atom stereocenters. The highest BCUT2D eigenvalue weighted by atomic mass is 127. The fourth-order valence-corrected chi connectivity index (χ4v) is 3.17. The number of aliphatic imine (C=N–C) groups is 1. The lowest BCUT2D eigenvalue weighted by molar-refractivity contribution is 0.0241. The van der Waals surface area contributed by atoms with Crippen molar-refractivity contribution in [1.82, 2.24) is 14.9 Å². The van der Waals surface area contributed by atoms with Gasteiger partial charge in [0, 0.05) is 33.3 Å². The summed E-state index contributed by atoms with van der Waals surface area (Å²) in [4.78, 5) is 4.57. The Morgan fingerprint density at radius 2 is 1.84 bits per heavy atom. The minimum absolute atomic E-state index is 0. The van der Waals surface area contributed by atoms with Crippen molar-refractivity contribution >= 4 is 40.0 Å². The molecule has 0 aliphatic carbocycles. The quantitative estimate of drug-likeness (QED) is 0.211. The van der Waals surface area contributed by atoms with Crippen LogP contribution >= 0.6 is 24.0 Å². The van der Waals surface area contributed by atoms with Crippen LogP contribution in [0.3, 0.4) is 0 Å². The highest BCUT2D eigenvalue weighted by molar-refractivity contribution is 14.0. The van der Waals surface area contributed by atoms with E-state index >= 15 is 0 Å². The Balaban J connectivity index is 0. The number of ether oxygens (including phenoxy) is 1. The zero-order valence-corrected chi connectivity index (χ0v) is 19.9. The van der Waals surface area contributed by atoms with Gasteiger partial charge >= 0.3 is 0 Å². The van der Waals surface area contributed by atoms with E-state index in [1.165, 1.54) is 10.6 Å². The second-order valence-electron chi connectivity index (χ2n) is 6.84. The number of hydrogen-bond donors (Lipinski definition) is 2. The molecule has 2 N–H and O–H groups in total. The second-order valence-corrected chi connectivity index (χ2v) is 8.83. The van der Waals surface area contributed by atoms with Gasteiger partial charge in [0.2, 0.25) is 10.0 Å². The number of sulfonamides is 1. The van der Waals surface area contributed by atoms with E-state index < -0.39 is 10.0 Å². The van der Waals surface area contributed by atoms with Gasteiger partial charge < -0.3 is 15.4 Å². The third-order valence-electron chi connectivity index (χ3n) is 3.71. The van der Waals surface area contributed by atoms with Crippen LogP contribution in [0.15, 0.2) is 4.99 Å². The molecule has 7 nitrogen and oxygen atoms in total. The molecule has 0 rings (SSSR count). The third-order valence-corrected chi connectivity index (χ3v) is 5.09. The van der Waals surface area contributed by atoms with E-state index in [4.69, 9.17) is 4.74 Å². The minimum Gasteiger partial charge on any atom is -0.379 e. The summed E-state index contributed by atoms with van der Waals surface area (Å²) < 4.78 is 30.1. The van der Waals surface area contributed by atoms with E-state index in [-0.39, 0.29) is 35.5 Å². The van der Waals surface area contributed by atoms with Crippen molar-refractivity contribution < 1.29 is 13.2 Å². The van der Waals surface area contributed by atoms with Crippen LogP contribution in [0.5, 0.6) is 0 Å². The van der Waals surface area contributed by atoms with E-state index in [0.29, 0.717) is 26.2 Å². The first kappa shape index (κ1) is 27.1. The Labute approximate surface area is 171 Å². The van der Waals surface area contributed by atoms with Crippen LogP contribution in [0.2, 0.25) is 0 Å². The lowest BCUT2D eigenvalue weighted by Gasteiger charge is -2.28. The van der Waals surface area contributed by atoms with Gasteiger partial charge in [-0.15, -0.1) is 24.0 Å². The number of guanidine groups is 1. The standard InChI is InChI=1S/C16H36N4O3S.HI/c1-8-17-15(19-13-14(23-6)16(3,4)5)18-11-10-12-20(9-2)24(7,21)22;/h14H,8-13H2,1-7H3,(H2,17,18,19);1H. The number of halogens is 1. The van der Waals surface area contributed by atoms with E-state index in [2.05, 4.69) is 36.4 Å². The molecule has 0 spiro atoms. The van der Waals surface area contributed by atoms with Gasteiger partial charge in [0.15, 0.2) is 5.96 Å². The Hall–Kier alpha value is -0.130. The Morgan fingerprint density at radius 3 is 2.24 bits per heavy atom. The molecule has 25 heavy (non-hydrogen) atoms. The average Bonchev–Trinajstić information content (AvgIpc) is 2.44. The summed E-state index contributed by atoms with van der Waals surface area (Å²) in [5, 5.41) is 6.44. The van der Waals surface area contributed by atoms with Crippen molar-refractivity contribution in [3.63, 3.8) is 0 Å². The van der Waals surface area contributed by atoms with Gasteiger partial charge in [0.25, 0.3) is 0 Å². The second kappa shape index (κ2) is 13.1. The van der Waals surface area contributed by atoms with Gasteiger partial charge in [-0.25, -0.2) is 12.7 Å². The molecule has 0 amide bonds.